The van der Waals surface area contributed by atoms with Crippen LogP contribution in [0.4, 0.5) is 0 Å². The maximum Gasteiger partial charge on any atom is 0.0715 e. The summed E-state index contributed by atoms with van der Waals surface area (Å²) in [5.41, 5.74) is 12.7. The first-order valence-corrected chi connectivity index (χ1v) is 15.6. The molecule has 0 aliphatic carbocycles. The summed E-state index contributed by atoms with van der Waals surface area (Å²) in [7, 11) is 1.87. The van der Waals surface area contributed by atoms with Gasteiger partial charge >= 0.3 is 0 Å². The van der Waals surface area contributed by atoms with E-state index in [9.17, 15) is 0 Å². The largest absolute Gasteiger partial charge is 0.301 e. The van der Waals surface area contributed by atoms with E-state index in [-0.39, 0.29) is 0 Å². The average molecular weight is 584 g/mol. The van der Waals surface area contributed by atoms with Crippen molar-refractivity contribution < 1.29 is 0 Å². The number of nitrogens with zero attached hydrogens (tertiary/aromatic N) is 2. The summed E-state index contributed by atoms with van der Waals surface area (Å²) in [6, 6.07) is 49.7. The van der Waals surface area contributed by atoms with Gasteiger partial charge in [0.25, 0.3) is 0 Å². The molecule has 0 fully saturated rings. The van der Waals surface area contributed by atoms with Crippen LogP contribution in [0.3, 0.4) is 0 Å². The van der Waals surface area contributed by atoms with E-state index >= 15 is 0 Å². The van der Waals surface area contributed by atoms with Gasteiger partial charge in [-0.05, 0) is 46.5 Å². The van der Waals surface area contributed by atoms with Crippen molar-refractivity contribution in [1.82, 2.24) is 4.68 Å². The molecular weight excluding hydrogens is 555 g/mol. The highest BCUT2D eigenvalue weighted by Gasteiger charge is 2.14. The maximum atomic E-state index is 4.72. The molecule has 0 atom stereocenters. The molecule has 0 spiro atoms. The quantitative estimate of drug-likeness (QED) is 0.194. The molecule has 0 unspecified atom stereocenters. The average Bonchev–Trinajstić information content (AvgIpc) is 3.62. The third-order valence-electron chi connectivity index (χ3n) is 8.35. The molecule has 0 saturated carbocycles. The van der Waals surface area contributed by atoms with Crippen LogP contribution in [0.15, 0.2) is 157 Å². The number of aliphatic imine (C=N–C) groups is 1. The normalized spacial score (nSPS) is 12.2. The Morgan fingerprint density at radius 1 is 0.591 bits per heavy atom. The van der Waals surface area contributed by atoms with E-state index in [0.717, 1.165) is 22.3 Å². The predicted octanol–water partition coefficient (Wildman–Crippen LogP) is 10.7. The van der Waals surface area contributed by atoms with Gasteiger partial charge < -0.3 is 5.43 Å². The van der Waals surface area contributed by atoms with Gasteiger partial charge in [0.2, 0.25) is 0 Å². The zero-order valence-corrected chi connectivity index (χ0v) is 25.1. The maximum absolute atomic E-state index is 4.72. The molecule has 8 rings (SSSR count). The highest BCUT2D eigenvalue weighted by Crippen LogP contribution is 2.37. The minimum absolute atomic E-state index is 0.936. The number of rotatable bonds is 6. The van der Waals surface area contributed by atoms with Crippen LogP contribution < -0.4 is 5.43 Å². The fraction of sp³-hybridized carbons (Fsp3) is 0.0250. The van der Waals surface area contributed by atoms with Gasteiger partial charge in [-0.1, -0.05) is 121 Å². The van der Waals surface area contributed by atoms with Crippen molar-refractivity contribution in [3.05, 3.63) is 157 Å². The number of allylic oxidation sites excluding steroid dienone is 1. The molecule has 0 bridgehead atoms. The highest BCUT2D eigenvalue weighted by molar-refractivity contribution is 7.26. The Kier molecular flexibility index (Phi) is 6.55. The summed E-state index contributed by atoms with van der Waals surface area (Å²) < 4.78 is 4.75. The number of hydrogen-bond acceptors (Lipinski definition) is 3. The van der Waals surface area contributed by atoms with Gasteiger partial charge in [0.05, 0.1) is 16.7 Å². The molecule has 6 aromatic carbocycles. The lowest BCUT2D eigenvalue weighted by atomic mass is 10.0. The zero-order valence-electron chi connectivity index (χ0n) is 24.2. The smallest absolute Gasteiger partial charge is 0.0715 e. The van der Waals surface area contributed by atoms with Crippen LogP contribution >= 0.6 is 11.3 Å². The minimum atomic E-state index is 0.936. The van der Waals surface area contributed by atoms with E-state index in [2.05, 4.69) is 156 Å². The van der Waals surface area contributed by atoms with Crippen molar-refractivity contribution in [2.24, 2.45) is 4.99 Å². The van der Waals surface area contributed by atoms with Crippen molar-refractivity contribution in [3.8, 4) is 22.3 Å². The van der Waals surface area contributed by atoms with Crippen LogP contribution in [0.25, 0.3) is 64.2 Å². The molecule has 44 heavy (non-hydrogen) atoms. The van der Waals surface area contributed by atoms with Crippen LogP contribution in [0, 0.1) is 0 Å². The Balaban J connectivity index is 1.24. The summed E-state index contributed by atoms with van der Waals surface area (Å²) in [5.74, 6) is 0. The number of thiophene rings is 1. The van der Waals surface area contributed by atoms with Gasteiger partial charge in [-0.2, -0.15) is 0 Å². The van der Waals surface area contributed by atoms with Gasteiger partial charge in [0, 0.05) is 49.8 Å². The molecule has 8 aromatic rings. The number of hydrogen-bond donors (Lipinski definition) is 1. The molecule has 2 heterocycles. The van der Waals surface area contributed by atoms with E-state index in [0.29, 0.717) is 0 Å². The minimum Gasteiger partial charge on any atom is -0.301 e. The summed E-state index contributed by atoms with van der Waals surface area (Å²) in [4.78, 5) is 4.72. The molecule has 0 amide bonds. The monoisotopic (exact) mass is 583 g/mol. The highest BCUT2D eigenvalue weighted by atomic mass is 32.1. The van der Waals surface area contributed by atoms with Crippen LogP contribution in [0.1, 0.15) is 5.56 Å². The first-order valence-electron chi connectivity index (χ1n) is 14.8. The second kappa shape index (κ2) is 11.0. The molecule has 0 aliphatic heterocycles. The Hall–Kier alpha value is -5.45. The van der Waals surface area contributed by atoms with Crippen LogP contribution in [0.2, 0.25) is 0 Å². The van der Waals surface area contributed by atoms with E-state index in [4.69, 9.17) is 4.99 Å². The van der Waals surface area contributed by atoms with E-state index in [1.807, 2.05) is 24.6 Å². The predicted molar refractivity (Wildman–Crippen MR) is 191 cm³/mol. The lowest BCUT2D eigenvalue weighted by molar-refractivity contribution is 1.05. The Morgan fingerprint density at radius 3 is 1.82 bits per heavy atom. The fourth-order valence-corrected chi connectivity index (χ4v) is 7.43. The molecule has 2 aromatic heterocycles. The van der Waals surface area contributed by atoms with Crippen LogP contribution in [-0.2, 0) is 0 Å². The van der Waals surface area contributed by atoms with Crippen molar-refractivity contribution >= 4 is 59.0 Å². The molecule has 0 radical (unpaired) electrons. The van der Waals surface area contributed by atoms with Crippen molar-refractivity contribution in [2.75, 3.05) is 12.5 Å². The molecule has 4 heteroatoms. The summed E-state index contributed by atoms with van der Waals surface area (Å²) >= 11 is 1.83. The first-order chi connectivity index (χ1) is 21.8. The molecule has 3 nitrogen and oxygen atoms in total. The molecule has 0 saturated heterocycles. The van der Waals surface area contributed by atoms with Gasteiger partial charge in [0.15, 0.2) is 0 Å². The number of nitrogens with one attached hydrogen (secondary N) is 1. The lowest BCUT2D eigenvalue weighted by Crippen LogP contribution is -2.08. The Morgan fingerprint density at radius 2 is 1.18 bits per heavy atom. The Bertz CT molecular complexity index is 2260. The van der Waals surface area contributed by atoms with Crippen molar-refractivity contribution in [1.29, 1.82) is 0 Å². The fourth-order valence-electron chi connectivity index (χ4n) is 6.20. The van der Waals surface area contributed by atoms with Crippen LogP contribution in [0.5, 0.6) is 0 Å². The number of benzene rings is 6. The summed E-state index contributed by atoms with van der Waals surface area (Å²) in [5, 5.41) is 4.98. The standard InChI is InChI=1S/C40H29N3S/c1-41-36(35-17-10-16-34-33-15-8-9-18-39(33)44-40(34)35)23-24-42-43-37-25-29(27-11-4-2-5-12-27)19-21-31(37)32-22-20-30(26-38(32)43)28-13-6-3-7-14-28/h2-26,42H,1H3/b24-23-,41-36+. The van der Waals surface area contributed by atoms with E-state index in [1.165, 1.54) is 53.2 Å². The number of fused-ring (bicyclic) bond motifs is 6. The topological polar surface area (TPSA) is 29.3 Å². The Labute approximate surface area is 260 Å². The van der Waals surface area contributed by atoms with Crippen molar-refractivity contribution in [2.45, 2.75) is 0 Å². The number of aromatic nitrogens is 1. The summed E-state index contributed by atoms with van der Waals surface area (Å²) in [6.07, 6.45) is 4.09. The molecule has 210 valence electrons. The third kappa shape index (κ3) is 4.48. The van der Waals surface area contributed by atoms with E-state index in [1.54, 1.807) is 0 Å². The second-order valence-electron chi connectivity index (χ2n) is 10.9. The zero-order chi connectivity index (χ0) is 29.5. The summed E-state index contributed by atoms with van der Waals surface area (Å²) in [6.45, 7) is 0. The van der Waals surface area contributed by atoms with Gasteiger partial charge in [-0.15, -0.1) is 11.3 Å². The second-order valence-corrected chi connectivity index (χ2v) is 11.9. The van der Waals surface area contributed by atoms with Gasteiger partial charge in [0.1, 0.15) is 0 Å². The molecular formula is C40H29N3S. The van der Waals surface area contributed by atoms with Gasteiger partial charge in [-0.25, -0.2) is 0 Å². The van der Waals surface area contributed by atoms with E-state index < -0.39 is 0 Å². The molecule has 0 aliphatic rings. The third-order valence-corrected chi connectivity index (χ3v) is 9.57. The van der Waals surface area contributed by atoms with Gasteiger partial charge in [-0.3, -0.25) is 9.67 Å². The lowest BCUT2D eigenvalue weighted by Gasteiger charge is -2.10. The van der Waals surface area contributed by atoms with Crippen molar-refractivity contribution in [3.63, 3.8) is 0 Å². The first kappa shape index (κ1) is 26.2. The SMILES string of the molecule is C/N=C(\C=C/Nn1c2cc(-c3ccccc3)ccc2c2ccc(-c3ccccc3)cc21)c1cccc2c1sc1ccccc12. The van der Waals surface area contributed by atoms with Crippen LogP contribution in [-0.4, -0.2) is 17.4 Å². The molecule has 1 N–H and O–H groups in total.